The lowest BCUT2D eigenvalue weighted by atomic mass is 10.1. The fourth-order valence-corrected chi connectivity index (χ4v) is 4.87. The van der Waals surface area contributed by atoms with Crippen molar-refractivity contribution in [3.8, 4) is 0 Å². The topological polar surface area (TPSA) is 41.0 Å². The lowest BCUT2D eigenvalue weighted by Gasteiger charge is -2.28. The number of hydrogen-bond donors (Lipinski definition) is 1. The van der Waals surface area contributed by atoms with Crippen LogP contribution in [0, 0.1) is 0 Å². The van der Waals surface area contributed by atoms with E-state index in [0.29, 0.717) is 6.04 Å². The molecule has 0 aliphatic heterocycles. The van der Waals surface area contributed by atoms with E-state index >= 15 is 0 Å². The summed E-state index contributed by atoms with van der Waals surface area (Å²) in [5, 5.41) is 6.71. The van der Waals surface area contributed by atoms with Gasteiger partial charge in [0.2, 0.25) is 0 Å². The summed E-state index contributed by atoms with van der Waals surface area (Å²) in [5.41, 5.74) is 3.10. The van der Waals surface area contributed by atoms with Gasteiger partial charge < -0.3 is 5.32 Å². The first-order valence-electron chi connectivity index (χ1n) is 10.1. The molecule has 0 saturated heterocycles. The number of fused-ring (bicyclic) bond motifs is 2. The molecule has 5 heteroatoms. The number of nitrogens with one attached hydrogen (secondary N) is 1. The molecule has 1 aliphatic carbocycles. The van der Waals surface area contributed by atoms with Gasteiger partial charge in [0, 0.05) is 12.6 Å². The van der Waals surface area contributed by atoms with E-state index < -0.39 is 0 Å². The van der Waals surface area contributed by atoms with Gasteiger partial charge in [-0.2, -0.15) is 0 Å². The predicted molar refractivity (Wildman–Crippen MR) is 115 cm³/mol. The van der Waals surface area contributed by atoms with Gasteiger partial charge in [0.05, 0.1) is 5.39 Å². The zero-order valence-corrected chi connectivity index (χ0v) is 16.8. The van der Waals surface area contributed by atoms with Crippen molar-refractivity contribution < 1.29 is 0 Å². The summed E-state index contributed by atoms with van der Waals surface area (Å²) in [7, 11) is 0. The smallest absolute Gasteiger partial charge is 0.138 e. The van der Waals surface area contributed by atoms with Gasteiger partial charge in [-0.25, -0.2) is 9.97 Å². The number of nitrogens with zero attached hydrogens (tertiary/aromatic N) is 3. The maximum absolute atomic E-state index is 4.40. The van der Waals surface area contributed by atoms with E-state index in [4.69, 9.17) is 0 Å². The van der Waals surface area contributed by atoms with Gasteiger partial charge in [-0.3, -0.25) is 4.90 Å². The standard InChI is InChI=1S/C22H28N4S/c1-2-11-26(19-14-17-7-3-4-8-18(17)15-19)12-6-5-10-23-21-20-9-13-27-22(20)25-16-24-21/h3-4,7-9,13,16,19H,2,5-6,10-12,14-15H2,1H3,(H,23,24,25). The van der Waals surface area contributed by atoms with Crippen LogP contribution in [-0.2, 0) is 12.8 Å². The fourth-order valence-electron chi connectivity index (χ4n) is 4.14. The van der Waals surface area contributed by atoms with Crippen LogP contribution in [0.1, 0.15) is 37.3 Å². The summed E-state index contributed by atoms with van der Waals surface area (Å²) < 4.78 is 0. The van der Waals surface area contributed by atoms with Crippen molar-refractivity contribution >= 4 is 27.4 Å². The Morgan fingerprint density at radius 1 is 1.07 bits per heavy atom. The van der Waals surface area contributed by atoms with Crippen LogP contribution in [0.25, 0.3) is 10.2 Å². The van der Waals surface area contributed by atoms with Gasteiger partial charge in [0.15, 0.2) is 0 Å². The highest BCUT2D eigenvalue weighted by Gasteiger charge is 2.25. The van der Waals surface area contributed by atoms with Crippen molar-refractivity contribution in [3.05, 3.63) is 53.2 Å². The first-order chi connectivity index (χ1) is 13.3. The normalized spacial score (nSPS) is 14.1. The van der Waals surface area contributed by atoms with Crippen molar-refractivity contribution in [3.63, 3.8) is 0 Å². The largest absolute Gasteiger partial charge is 0.369 e. The van der Waals surface area contributed by atoms with Crippen molar-refractivity contribution in [1.29, 1.82) is 0 Å². The highest BCUT2D eigenvalue weighted by molar-refractivity contribution is 7.16. The molecule has 0 amide bonds. The second kappa shape index (κ2) is 8.81. The number of rotatable bonds is 9. The molecule has 0 saturated carbocycles. The number of benzene rings is 1. The minimum absolute atomic E-state index is 0.683. The van der Waals surface area contributed by atoms with Crippen LogP contribution < -0.4 is 5.32 Å². The van der Waals surface area contributed by atoms with Crippen LogP contribution in [-0.4, -0.2) is 40.5 Å². The molecule has 3 aromatic rings. The van der Waals surface area contributed by atoms with Gasteiger partial charge in [-0.05, 0) is 67.8 Å². The van der Waals surface area contributed by atoms with Crippen LogP contribution in [0.5, 0.6) is 0 Å². The quantitative estimate of drug-likeness (QED) is 0.543. The monoisotopic (exact) mass is 380 g/mol. The summed E-state index contributed by atoms with van der Waals surface area (Å²) in [4.78, 5) is 12.5. The second-order valence-corrected chi connectivity index (χ2v) is 8.26. The van der Waals surface area contributed by atoms with Crippen molar-refractivity contribution in [2.75, 3.05) is 25.0 Å². The Morgan fingerprint density at radius 3 is 2.67 bits per heavy atom. The molecule has 1 N–H and O–H groups in total. The third-order valence-electron chi connectivity index (χ3n) is 5.48. The minimum Gasteiger partial charge on any atom is -0.369 e. The summed E-state index contributed by atoms with van der Waals surface area (Å²) >= 11 is 1.67. The molecule has 0 fully saturated rings. The Morgan fingerprint density at radius 2 is 1.89 bits per heavy atom. The molecule has 142 valence electrons. The van der Waals surface area contributed by atoms with Gasteiger partial charge in [0.1, 0.15) is 17.0 Å². The van der Waals surface area contributed by atoms with Crippen molar-refractivity contribution in [2.24, 2.45) is 0 Å². The highest BCUT2D eigenvalue weighted by atomic mass is 32.1. The maximum Gasteiger partial charge on any atom is 0.138 e. The van der Waals surface area contributed by atoms with Crippen LogP contribution >= 0.6 is 11.3 Å². The van der Waals surface area contributed by atoms with Gasteiger partial charge >= 0.3 is 0 Å². The summed E-state index contributed by atoms with van der Waals surface area (Å²) in [5.74, 6) is 0.970. The predicted octanol–water partition coefficient (Wildman–Crippen LogP) is 4.76. The average molecular weight is 381 g/mol. The molecule has 0 radical (unpaired) electrons. The Labute approximate surface area is 165 Å². The lowest BCUT2D eigenvalue weighted by molar-refractivity contribution is 0.198. The number of unbranched alkanes of at least 4 members (excludes halogenated alkanes) is 1. The second-order valence-electron chi connectivity index (χ2n) is 7.36. The highest BCUT2D eigenvalue weighted by Crippen LogP contribution is 2.26. The number of anilines is 1. The Hall–Kier alpha value is -1.98. The van der Waals surface area contributed by atoms with E-state index in [-0.39, 0.29) is 0 Å². The molecule has 1 aromatic carbocycles. The molecular formula is C22H28N4S. The first-order valence-corrected chi connectivity index (χ1v) is 11.0. The van der Waals surface area contributed by atoms with Crippen LogP contribution in [0.4, 0.5) is 5.82 Å². The van der Waals surface area contributed by atoms with Crippen LogP contribution in [0.15, 0.2) is 42.0 Å². The Kier molecular flexibility index (Phi) is 6.00. The zero-order valence-electron chi connectivity index (χ0n) is 16.0. The summed E-state index contributed by atoms with van der Waals surface area (Å²) in [6.07, 6.45) is 7.69. The first kappa shape index (κ1) is 18.4. The van der Waals surface area contributed by atoms with E-state index in [0.717, 1.165) is 29.0 Å². The minimum atomic E-state index is 0.683. The number of thiophene rings is 1. The molecule has 4 nitrogen and oxygen atoms in total. The van der Waals surface area contributed by atoms with Crippen LogP contribution in [0.3, 0.4) is 0 Å². The molecule has 0 atom stereocenters. The third kappa shape index (κ3) is 4.30. The molecule has 2 aromatic heterocycles. The fraction of sp³-hybridized carbons (Fsp3) is 0.455. The SMILES string of the molecule is CCCN(CCCCNc1ncnc2sccc12)C1Cc2ccccc2C1. The number of hydrogen-bond acceptors (Lipinski definition) is 5. The van der Waals surface area contributed by atoms with E-state index in [2.05, 4.69) is 62.8 Å². The lowest BCUT2D eigenvalue weighted by Crippen LogP contribution is -2.37. The average Bonchev–Trinajstić information content (AvgIpc) is 3.33. The maximum atomic E-state index is 4.40. The Bertz CT molecular complexity index is 850. The van der Waals surface area contributed by atoms with Gasteiger partial charge in [-0.15, -0.1) is 11.3 Å². The van der Waals surface area contributed by atoms with E-state index in [1.807, 2.05) is 0 Å². The van der Waals surface area contributed by atoms with E-state index in [9.17, 15) is 0 Å². The van der Waals surface area contributed by atoms with Crippen molar-refractivity contribution in [1.82, 2.24) is 14.9 Å². The molecule has 1 aliphatic rings. The van der Waals surface area contributed by atoms with E-state index in [1.165, 1.54) is 38.8 Å². The third-order valence-corrected chi connectivity index (χ3v) is 6.30. The molecule has 0 spiro atoms. The van der Waals surface area contributed by atoms with E-state index in [1.54, 1.807) is 28.8 Å². The Balaban J connectivity index is 1.25. The van der Waals surface area contributed by atoms with Crippen molar-refractivity contribution in [2.45, 2.75) is 45.1 Å². The molecule has 0 bridgehead atoms. The van der Waals surface area contributed by atoms with Gasteiger partial charge in [0.25, 0.3) is 0 Å². The molecule has 0 unspecified atom stereocenters. The molecule has 27 heavy (non-hydrogen) atoms. The number of aromatic nitrogens is 2. The molecule has 4 rings (SSSR count). The summed E-state index contributed by atoms with van der Waals surface area (Å²) in [6, 6.07) is 11.7. The summed E-state index contributed by atoms with van der Waals surface area (Å²) in [6.45, 7) is 5.64. The van der Waals surface area contributed by atoms with Gasteiger partial charge in [-0.1, -0.05) is 31.2 Å². The molecule has 2 heterocycles. The van der Waals surface area contributed by atoms with Crippen LogP contribution in [0.2, 0.25) is 0 Å². The zero-order chi connectivity index (χ0) is 18.5. The molecular weight excluding hydrogens is 352 g/mol.